The van der Waals surface area contributed by atoms with Gasteiger partial charge in [-0.15, -0.1) is 0 Å². The Bertz CT molecular complexity index is 1200. The van der Waals surface area contributed by atoms with E-state index >= 15 is 0 Å². The van der Waals surface area contributed by atoms with Crippen molar-refractivity contribution < 1.29 is 23.8 Å². The Morgan fingerprint density at radius 2 is 1.02 bits per heavy atom. The highest BCUT2D eigenvalue weighted by atomic mass is 16.5. The lowest BCUT2D eigenvalue weighted by Gasteiger charge is -2.13. The number of benzene rings is 3. The first-order valence-electron chi connectivity index (χ1n) is 16.4. The van der Waals surface area contributed by atoms with Crippen LogP contribution in [0.2, 0.25) is 0 Å². The van der Waals surface area contributed by atoms with Gasteiger partial charge in [-0.05, 0) is 85.8 Å². The number of carbonyl (C=O) groups excluding carboxylic acids is 2. The van der Waals surface area contributed by atoms with Gasteiger partial charge >= 0.3 is 11.9 Å². The molecule has 0 amide bonds. The van der Waals surface area contributed by atoms with Crippen LogP contribution in [-0.4, -0.2) is 24.6 Å². The summed E-state index contributed by atoms with van der Waals surface area (Å²) >= 11 is 0. The molecule has 3 aromatic rings. The van der Waals surface area contributed by atoms with Crippen LogP contribution in [0.15, 0.2) is 72.8 Å². The Balaban J connectivity index is 1.40. The van der Waals surface area contributed by atoms with Crippen LogP contribution in [-0.2, 0) is 4.74 Å². The first-order valence-corrected chi connectivity index (χ1v) is 16.4. The van der Waals surface area contributed by atoms with Crippen molar-refractivity contribution in [2.24, 2.45) is 0 Å². The molecule has 0 radical (unpaired) electrons. The van der Waals surface area contributed by atoms with E-state index in [-0.39, 0.29) is 12.1 Å². The maximum Gasteiger partial charge on any atom is 0.343 e. The van der Waals surface area contributed by atoms with Gasteiger partial charge in [-0.3, -0.25) is 0 Å². The zero-order valence-corrected chi connectivity index (χ0v) is 26.4. The summed E-state index contributed by atoms with van der Waals surface area (Å²) in [7, 11) is 0. The molecule has 1 atom stereocenters. The lowest BCUT2D eigenvalue weighted by Crippen LogP contribution is -2.15. The van der Waals surface area contributed by atoms with Gasteiger partial charge in [0, 0.05) is 0 Å². The quantitative estimate of drug-likeness (QED) is 0.0748. The average molecular weight is 587 g/mol. The Morgan fingerprint density at radius 1 is 0.558 bits per heavy atom. The third kappa shape index (κ3) is 12.7. The highest BCUT2D eigenvalue weighted by Gasteiger charge is 2.13. The van der Waals surface area contributed by atoms with Crippen molar-refractivity contribution in [1.82, 2.24) is 0 Å². The molecule has 0 unspecified atom stereocenters. The molecule has 3 rings (SSSR count). The number of hydrogen-bond donors (Lipinski definition) is 0. The molecule has 0 aliphatic rings. The highest BCUT2D eigenvalue weighted by molar-refractivity contribution is 5.91. The molecule has 0 fully saturated rings. The monoisotopic (exact) mass is 586 g/mol. The Kier molecular flexibility index (Phi) is 15.4. The fourth-order valence-electron chi connectivity index (χ4n) is 4.96. The van der Waals surface area contributed by atoms with E-state index < -0.39 is 5.97 Å². The second kappa shape index (κ2) is 19.6. The van der Waals surface area contributed by atoms with Gasteiger partial charge in [-0.1, -0.05) is 102 Å². The first kappa shape index (κ1) is 33.9. The van der Waals surface area contributed by atoms with E-state index in [0.717, 1.165) is 36.1 Å². The van der Waals surface area contributed by atoms with Gasteiger partial charge in [0.15, 0.2) is 0 Å². The maximum atomic E-state index is 12.7. The molecule has 232 valence electrons. The molecule has 0 aliphatic carbocycles. The van der Waals surface area contributed by atoms with Crippen molar-refractivity contribution in [3.8, 4) is 22.6 Å². The van der Waals surface area contributed by atoms with E-state index in [4.69, 9.17) is 14.2 Å². The first-order chi connectivity index (χ1) is 21.0. The van der Waals surface area contributed by atoms with Crippen LogP contribution in [0, 0.1) is 0 Å². The van der Waals surface area contributed by atoms with Crippen LogP contribution in [0.3, 0.4) is 0 Å². The Morgan fingerprint density at radius 3 is 1.63 bits per heavy atom. The van der Waals surface area contributed by atoms with Gasteiger partial charge < -0.3 is 14.2 Å². The predicted molar refractivity (Wildman–Crippen MR) is 175 cm³/mol. The van der Waals surface area contributed by atoms with Crippen molar-refractivity contribution in [3.63, 3.8) is 0 Å². The minimum absolute atomic E-state index is 0.0879. The number of ether oxygens (including phenoxy) is 3. The van der Waals surface area contributed by atoms with Crippen molar-refractivity contribution >= 4 is 11.9 Å². The smallest absolute Gasteiger partial charge is 0.343 e. The SMILES string of the molecule is CCCCCCCCCCOc1ccc(C(=O)Oc2ccc(-c3ccc(C(=O)O[C@H](C)CCCCCC)cc3)cc2)cc1. The van der Waals surface area contributed by atoms with Gasteiger partial charge in [-0.25, -0.2) is 9.59 Å². The molecule has 5 heteroatoms. The minimum Gasteiger partial charge on any atom is -0.494 e. The van der Waals surface area contributed by atoms with Crippen LogP contribution in [0.4, 0.5) is 0 Å². The van der Waals surface area contributed by atoms with Crippen LogP contribution >= 0.6 is 0 Å². The molecule has 0 N–H and O–H groups in total. The zero-order chi connectivity index (χ0) is 30.7. The van der Waals surface area contributed by atoms with Crippen molar-refractivity contribution in [3.05, 3.63) is 83.9 Å². The highest BCUT2D eigenvalue weighted by Crippen LogP contribution is 2.24. The summed E-state index contributed by atoms with van der Waals surface area (Å²) in [5, 5.41) is 0. The number of rotatable bonds is 20. The van der Waals surface area contributed by atoms with Gasteiger partial charge in [0.1, 0.15) is 11.5 Å². The summed E-state index contributed by atoms with van der Waals surface area (Å²) in [6, 6.07) is 21.8. The third-order valence-corrected chi connectivity index (χ3v) is 7.65. The summed E-state index contributed by atoms with van der Waals surface area (Å²) in [5.41, 5.74) is 2.94. The maximum absolute atomic E-state index is 12.7. The summed E-state index contributed by atoms with van der Waals surface area (Å²) in [4.78, 5) is 25.2. The molecule has 0 saturated heterocycles. The fourth-order valence-corrected chi connectivity index (χ4v) is 4.96. The molecule has 0 saturated carbocycles. The van der Waals surface area contributed by atoms with E-state index in [2.05, 4.69) is 13.8 Å². The second-order valence-electron chi connectivity index (χ2n) is 11.4. The molecular formula is C38H50O5. The van der Waals surface area contributed by atoms with E-state index in [1.165, 1.54) is 64.2 Å². The summed E-state index contributed by atoms with van der Waals surface area (Å²) in [5.74, 6) is 0.529. The van der Waals surface area contributed by atoms with E-state index in [0.29, 0.717) is 23.5 Å². The number of carbonyl (C=O) groups is 2. The summed E-state index contributed by atoms with van der Waals surface area (Å²) in [6.07, 6.45) is 15.6. The normalized spacial score (nSPS) is 11.6. The molecule has 43 heavy (non-hydrogen) atoms. The lowest BCUT2D eigenvalue weighted by molar-refractivity contribution is 0.0319. The lowest BCUT2D eigenvalue weighted by atomic mass is 10.0. The number of unbranched alkanes of at least 4 members (excludes halogenated alkanes) is 10. The van der Waals surface area contributed by atoms with Gasteiger partial charge in [0.25, 0.3) is 0 Å². The van der Waals surface area contributed by atoms with E-state index in [1.807, 2.05) is 43.3 Å². The van der Waals surface area contributed by atoms with Crippen LogP contribution < -0.4 is 9.47 Å². The second-order valence-corrected chi connectivity index (χ2v) is 11.4. The standard InChI is InChI=1S/C38H50O5/c1-4-6-8-10-11-12-13-15-29-41-35-25-23-34(24-26-35)38(40)43-36-27-21-32(22-28-36)31-17-19-33(20-18-31)37(39)42-30(3)16-14-9-7-5-2/h17-28,30H,4-16,29H2,1-3H3/t30-/m1/s1. The van der Waals surface area contributed by atoms with Gasteiger partial charge in [-0.2, -0.15) is 0 Å². The molecule has 5 nitrogen and oxygen atoms in total. The molecule has 0 aromatic heterocycles. The molecule has 0 aliphatic heterocycles. The molecule has 3 aromatic carbocycles. The van der Waals surface area contributed by atoms with Crippen molar-refractivity contribution in [2.75, 3.05) is 6.61 Å². The number of hydrogen-bond acceptors (Lipinski definition) is 5. The Labute approximate surface area is 259 Å². The molecular weight excluding hydrogens is 536 g/mol. The van der Waals surface area contributed by atoms with Crippen LogP contribution in [0.25, 0.3) is 11.1 Å². The minimum atomic E-state index is -0.412. The van der Waals surface area contributed by atoms with Crippen LogP contribution in [0.5, 0.6) is 11.5 Å². The topological polar surface area (TPSA) is 61.8 Å². The molecule has 0 bridgehead atoms. The fraction of sp³-hybridized carbons (Fsp3) is 0.474. The average Bonchev–Trinajstić information content (AvgIpc) is 3.03. The summed E-state index contributed by atoms with van der Waals surface area (Å²) in [6.45, 7) is 7.07. The zero-order valence-electron chi connectivity index (χ0n) is 26.4. The van der Waals surface area contributed by atoms with Crippen LogP contribution in [0.1, 0.15) is 125 Å². The van der Waals surface area contributed by atoms with Crippen molar-refractivity contribution in [1.29, 1.82) is 0 Å². The van der Waals surface area contributed by atoms with E-state index in [1.54, 1.807) is 36.4 Å². The Hall–Kier alpha value is -3.60. The number of esters is 2. The predicted octanol–water partition coefficient (Wildman–Crippen LogP) is 10.6. The van der Waals surface area contributed by atoms with Gasteiger partial charge in [0.2, 0.25) is 0 Å². The summed E-state index contributed by atoms with van der Waals surface area (Å²) < 4.78 is 17.0. The van der Waals surface area contributed by atoms with Gasteiger partial charge in [0.05, 0.1) is 23.8 Å². The van der Waals surface area contributed by atoms with Crippen molar-refractivity contribution in [2.45, 2.75) is 110 Å². The molecule has 0 heterocycles. The third-order valence-electron chi connectivity index (χ3n) is 7.65. The largest absolute Gasteiger partial charge is 0.494 e. The molecule has 0 spiro atoms. The van der Waals surface area contributed by atoms with E-state index in [9.17, 15) is 9.59 Å².